The summed E-state index contributed by atoms with van der Waals surface area (Å²) in [5, 5.41) is 1.44. The van der Waals surface area contributed by atoms with Crippen molar-refractivity contribution in [2.24, 2.45) is 0 Å². The molecule has 0 aromatic rings. The van der Waals surface area contributed by atoms with Crippen LogP contribution in [-0.4, -0.2) is 15.0 Å². The monoisotopic (exact) mass is 262 g/mol. The molecule has 0 bridgehead atoms. The van der Waals surface area contributed by atoms with E-state index in [4.69, 9.17) is 0 Å². The van der Waals surface area contributed by atoms with E-state index in [9.17, 15) is 0 Å². The molecule has 0 aromatic heterocycles. The van der Waals surface area contributed by atoms with Gasteiger partial charge in [0.1, 0.15) is 0 Å². The first-order chi connectivity index (χ1) is 6.81. The SMILES string of the molecule is CCCCCC/C(C)=C/[Se]CCCC. The molecule has 1 heteroatoms. The molecular formula is C13H26Se. The number of unbranched alkanes of at least 4 members (excludes halogenated alkanes) is 4. The minimum absolute atomic E-state index is 0.783. The molecule has 0 atom stereocenters. The third-order valence-electron chi connectivity index (χ3n) is 2.32. The third kappa shape index (κ3) is 10.3. The molecular weight excluding hydrogens is 235 g/mol. The molecule has 0 aromatic carbocycles. The Hall–Kier alpha value is 0.259. The van der Waals surface area contributed by atoms with Crippen LogP contribution >= 0.6 is 0 Å². The molecule has 0 nitrogen and oxygen atoms in total. The van der Waals surface area contributed by atoms with E-state index in [0.717, 1.165) is 15.0 Å². The van der Waals surface area contributed by atoms with Crippen molar-refractivity contribution in [1.29, 1.82) is 0 Å². The fraction of sp³-hybridized carbons (Fsp3) is 0.846. The van der Waals surface area contributed by atoms with Gasteiger partial charge in [-0.25, -0.2) is 0 Å². The van der Waals surface area contributed by atoms with E-state index in [1.165, 1.54) is 50.3 Å². The van der Waals surface area contributed by atoms with Crippen LogP contribution in [0.2, 0.25) is 5.32 Å². The zero-order chi connectivity index (χ0) is 10.6. The van der Waals surface area contributed by atoms with Crippen LogP contribution in [0, 0.1) is 0 Å². The van der Waals surface area contributed by atoms with E-state index in [1.807, 2.05) is 0 Å². The maximum absolute atomic E-state index is 2.51. The van der Waals surface area contributed by atoms with Gasteiger partial charge in [0, 0.05) is 0 Å². The van der Waals surface area contributed by atoms with Crippen LogP contribution in [0.1, 0.15) is 65.7 Å². The predicted octanol–water partition coefficient (Wildman–Crippen LogP) is 4.78. The summed E-state index contributed by atoms with van der Waals surface area (Å²) < 4.78 is 0. The molecule has 0 aliphatic heterocycles. The Kier molecular flexibility index (Phi) is 11.5. The van der Waals surface area contributed by atoms with E-state index in [2.05, 4.69) is 25.7 Å². The quantitative estimate of drug-likeness (QED) is 0.414. The molecule has 0 aliphatic rings. The van der Waals surface area contributed by atoms with Crippen LogP contribution in [0.15, 0.2) is 10.5 Å². The molecule has 14 heavy (non-hydrogen) atoms. The predicted molar refractivity (Wildman–Crippen MR) is 68.0 cm³/mol. The van der Waals surface area contributed by atoms with E-state index in [-0.39, 0.29) is 0 Å². The summed E-state index contributed by atoms with van der Waals surface area (Å²) in [6, 6.07) is 0. The van der Waals surface area contributed by atoms with Gasteiger partial charge in [-0.15, -0.1) is 0 Å². The van der Waals surface area contributed by atoms with Gasteiger partial charge in [0.25, 0.3) is 0 Å². The van der Waals surface area contributed by atoms with Crippen molar-refractivity contribution in [3.63, 3.8) is 0 Å². The zero-order valence-corrected chi connectivity index (χ0v) is 11.9. The van der Waals surface area contributed by atoms with E-state index in [1.54, 1.807) is 5.57 Å². The van der Waals surface area contributed by atoms with Crippen LogP contribution in [-0.2, 0) is 0 Å². The molecule has 0 N–H and O–H groups in total. The average Bonchev–Trinajstić information content (AvgIpc) is 2.19. The van der Waals surface area contributed by atoms with Gasteiger partial charge in [0.05, 0.1) is 0 Å². The van der Waals surface area contributed by atoms with Crippen molar-refractivity contribution in [1.82, 2.24) is 0 Å². The van der Waals surface area contributed by atoms with Gasteiger partial charge in [-0.2, -0.15) is 0 Å². The van der Waals surface area contributed by atoms with Crippen LogP contribution < -0.4 is 0 Å². The van der Waals surface area contributed by atoms with Gasteiger partial charge >= 0.3 is 96.5 Å². The normalized spacial score (nSPS) is 12.1. The van der Waals surface area contributed by atoms with Crippen LogP contribution in [0.4, 0.5) is 0 Å². The molecule has 0 heterocycles. The van der Waals surface area contributed by atoms with E-state index in [0.29, 0.717) is 0 Å². The Morgan fingerprint density at radius 1 is 1.00 bits per heavy atom. The van der Waals surface area contributed by atoms with Gasteiger partial charge in [0.15, 0.2) is 0 Å². The van der Waals surface area contributed by atoms with E-state index < -0.39 is 0 Å². The second kappa shape index (κ2) is 11.3. The fourth-order valence-electron chi connectivity index (χ4n) is 1.32. The van der Waals surface area contributed by atoms with Crippen LogP contribution in [0.5, 0.6) is 0 Å². The second-order valence-electron chi connectivity index (χ2n) is 4.00. The van der Waals surface area contributed by atoms with Crippen molar-refractivity contribution >= 4 is 15.0 Å². The van der Waals surface area contributed by atoms with Crippen LogP contribution in [0.3, 0.4) is 0 Å². The summed E-state index contributed by atoms with van der Waals surface area (Å²) in [6.45, 7) is 6.85. The van der Waals surface area contributed by atoms with Crippen molar-refractivity contribution in [3.8, 4) is 0 Å². The van der Waals surface area contributed by atoms with Crippen molar-refractivity contribution in [2.45, 2.75) is 71.0 Å². The molecule has 0 fully saturated rings. The standard InChI is InChI=1S/C13H26Se/c1-4-6-8-9-10-13(3)12-14-11-7-5-2/h12H,4-11H2,1-3H3/b13-12+. The third-order valence-corrected chi connectivity index (χ3v) is 4.62. The zero-order valence-electron chi connectivity index (χ0n) is 10.1. The molecule has 0 aliphatic carbocycles. The molecule has 84 valence electrons. The number of allylic oxidation sites excluding steroid dienone is 1. The van der Waals surface area contributed by atoms with Gasteiger partial charge in [-0.3, -0.25) is 0 Å². The van der Waals surface area contributed by atoms with Gasteiger partial charge < -0.3 is 0 Å². The summed E-state index contributed by atoms with van der Waals surface area (Å²) in [6.07, 6.45) is 9.69. The van der Waals surface area contributed by atoms with Gasteiger partial charge in [0.2, 0.25) is 0 Å². The summed E-state index contributed by atoms with van der Waals surface area (Å²) in [4.78, 5) is 2.51. The first kappa shape index (κ1) is 14.3. The Balaban J connectivity index is 3.28. The van der Waals surface area contributed by atoms with Crippen molar-refractivity contribution in [2.75, 3.05) is 0 Å². The molecule has 0 amide bonds. The number of rotatable bonds is 9. The molecule has 0 saturated heterocycles. The molecule has 0 radical (unpaired) electrons. The molecule has 0 saturated carbocycles. The number of hydrogen-bond donors (Lipinski definition) is 0. The minimum atomic E-state index is 0.783. The first-order valence-corrected chi connectivity index (χ1v) is 8.28. The summed E-state index contributed by atoms with van der Waals surface area (Å²) in [5.41, 5.74) is 1.64. The maximum atomic E-state index is 2.51. The Morgan fingerprint density at radius 2 is 1.71 bits per heavy atom. The summed E-state index contributed by atoms with van der Waals surface area (Å²) in [5.74, 6) is 0. The molecule has 0 rings (SSSR count). The molecule has 0 unspecified atom stereocenters. The van der Waals surface area contributed by atoms with Crippen molar-refractivity contribution < 1.29 is 0 Å². The average molecular weight is 261 g/mol. The Labute approximate surface area is 96.7 Å². The van der Waals surface area contributed by atoms with E-state index >= 15 is 0 Å². The summed E-state index contributed by atoms with van der Waals surface area (Å²) in [7, 11) is 0. The first-order valence-electron chi connectivity index (χ1n) is 6.08. The fourth-order valence-corrected chi connectivity index (χ4v) is 3.37. The Bertz CT molecular complexity index is 138. The Morgan fingerprint density at radius 3 is 2.36 bits per heavy atom. The van der Waals surface area contributed by atoms with Gasteiger partial charge in [-0.1, -0.05) is 0 Å². The summed E-state index contributed by atoms with van der Waals surface area (Å²) >= 11 is 0.783. The van der Waals surface area contributed by atoms with Crippen molar-refractivity contribution in [3.05, 3.63) is 10.5 Å². The number of hydrogen-bond acceptors (Lipinski definition) is 0. The topological polar surface area (TPSA) is 0 Å². The molecule has 0 spiro atoms. The van der Waals surface area contributed by atoms with Gasteiger partial charge in [-0.05, 0) is 0 Å². The van der Waals surface area contributed by atoms with Crippen LogP contribution in [0.25, 0.3) is 0 Å². The second-order valence-corrected chi connectivity index (χ2v) is 6.05.